The molecule has 2 aromatic heterocycles. The number of fused-ring (bicyclic) bond motifs is 1. The highest BCUT2D eigenvalue weighted by molar-refractivity contribution is 6.35. The number of benzene rings is 3. The maximum absolute atomic E-state index is 13.7. The molecule has 0 unspecified atom stereocenters. The first-order valence-electron chi connectivity index (χ1n) is 11.8. The van der Waals surface area contributed by atoms with Crippen molar-refractivity contribution in [3.05, 3.63) is 112 Å². The van der Waals surface area contributed by atoms with Gasteiger partial charge in [-0.15, -0.1) is 0 Å². The van der Waals surface area contributed by atoms with Crippen LogP contribution in [-0.4, -0.2) is 27.6 Å². The number of rotatable bonds is 6. The molecule has 0 saturated heterocycles. The van der Waals surface area contributed by atoms with Gasteiger partial charge in [0.2, 0.25) is 0 Å². The first-order chi connectivity index (χ1) is 18.4. The largest absolute Gasteiger partial charge is 0.497 e. The lowest BCUT2D eigenvalue weighted by molar-refractivity contribution is 0.0934. The molecule has 3 N–H and O–H groups in total. The number of halogens is 1. The van der Waals surface area contributed by atoms with Gasteiger partial charge in [-0.2, -0.15) is 0 Å². The molecule has 9 heteroatoms. The molecule has 0 aliphatic carbocycles. The van der Waals surface area contributed by atoms with Crippen LogP contribution in [0.15, 0.2) is 89.9 Å². The number of nitrogens with two attached hydrogens (primary N) is 1. The lowest BCUT2D eigenvalue weighted by Crippen LogP contribution is -2.33. The minimum absolute atomic E-state index is 0.00732. The van der Waals surface area contributed by atoms with Gasteiger partial charge in [-0.3, -0.25) is 14.2 Å². The van der Waals surface area contributed by atoms with E-state index in [9.17, 15) is 9.59 Å². The molecule has 0 fully saturated rings. The molecule has 0 aliphatic rings. The number of amides is 1. The molecule has 1 amide bonds. The number of anilines is 1. The summed E-state index contributed by atoms with van der Waals surface area (Å²) in [5, 5.41) is 4.37. The Hall–Kier alpha value is -4.69. The number of carbonyl (C=O) groups excluding carboxylic acids is 1. The molecular weight excluding hydrogens is 502 g/mol. The Labute approximate surface area is 223 Å². The molecule has 1 atom stereocenters. The Morgan fingerprint density at radius 2 is 1.82 bits per heavy atom. The molecule has 190 valence electrons. The van der Waals surface area contributed by atoms with Gasteiger partial charge in [-0.1, -0.05) is 54.1 Å². The summed E-state index contributed by atoms with van der Waals surface area (Å²) in [4.78, 5) is 35.7. The maximum Gasteiger partial charge on any atom is 0.274 e. The van der Waals surface area contributed by atoms with Crippen LogP contribution in [0.1, 0.15) is 29.1 Å². The Bertz CT molecular complexity index is 1720. The average molecular weight is 526 g/mol. The third-order valence-electron chi connectivity index (χ3n) is 6.21. The number of nitrogens with zero attached hydrogens (tertiary/aromatic N) is 3. The van der Waals surface area contributed by atoms with Gasteiger partial charge in [0.1, 0.15) is 5.75 Å². The number of methoxy groups -OCH3 is 1. The Morgan fingerprint density at radius 3 is 2.58 bits per heavy atom. The topological polar surface area (TPSA) is 112 Å². The predicted molar refractivity (Wildman–Crippen MR) is 149 cm³/mol. The zero-order valence-electron chi connectivity index (χ0n) is 20.7. The molecular formula is C29H24ClN5O3. The Balaban J connectivity index is 1.55. The second kappa shape index (κ2) is 10.4. The molecule has 5 rings (SSSR count). The second-order valence-corrected chi connectivity index (χ2v) is 9.07. The molecule has 38 heavy (non-hydrogen) atoms. The van der Waals surface area contributed by atoms with Gasteiger partial charge in [-0.05, 0) is 48.7 Å². The van der Waals surface area contributed by atoms with Crippen molar-refractivity contribution in [3.63, 3.8) is 0 Å². The van der Waals surface area contributed by atoms with Crippen LogP contribution >= 0.6 is 11.6 Å². The van der Waals surface area contributed by atoms with E-state index in [1.165, 1.54) is 6.20 Å². The van der Waals surface area contributed by atoms with Gasteiger partial charge in [0.05, 0.1) is 35.5 Å². The minimum Gasteiger partial charge on any atom is -0.497 e. The monoisotopic (exact) mass is 525 g/mol. The van der Waals surface area contributed by atoms with Gasteiger partial charge < -0.3 is 15.8 Å². The predicted octanol–water partition coefficient (Wildman–Crippen LogP) is 5.18. The molecule has 0 aliphatic heterocycles. The standard InChI is InChI=1S/C29H24ClN5O3/c1-17(33-28(36)26-27(31)32-16-23(34-26)18-8-6-12-21(14-18)38-2)24-15-19-9-7-13-22(30)25(19)29(37)35(24)20-10-4-3-5-11-20/h3-17H,1-2H3,(H2,31,32)(H,33,36)/t17-/m0/s1. The van der Waals surface area contributed by atoms with Crippen molar-refractivity contribution < 1.29 is 9.53 Å². The van der Waals surface area contributed by atoms with Crippen LogP contribution in [0.3, 0.4) is 0 Å². The Morgan fingerprint density at radius 1 is 1.05 bits per heavy atom. The van der Waals surface area contributed by atoms with Crippen molar-refractivity contribution in [2.45, 2.75) is 13.0 Å². The molecule has 3 aromatic carbocycles. The highest BCUT2D eigenvalue weighted by atomic mass is 35.5. The summed E-state index contributed by atoms with van der Waals surface area (Å²) in [6.45, 7) is 1.79. The third-order valence-corrected chi connectivity index (χ3v) is 6.53. The van der Waals surface area contributed by atoms with Crippen molar-refractivity contribution >= 4 is 34.1 Å². The van der Waals surface area contributed by atoms with E-state index in [4.69, 9.17) is 22.1 Å². The number of hydrogen-bond donors (Lipinski definition) is 2. The van der Waals surface area contributed by atoms with Crippen molar-refractivity contribution in [2.75, 3.05) is 12.8 Å². The van der Waals surface area contributed by atoms with Crippen LogP contribution in [0, 0.1) is 0 Å². The van der Waals surface area contributed by atoms with Gasteiger partial charge in [0, 0.05) is 16.9 Å². The van der Waals surface area contributed by atoms with Crippen LogP contribution in [0.5, 0.6) is 5.75 Å². The average Bonchev–Trinajstić information content (AvgIpc) is 2.93. The smallest absolute Gasteiger partial charge is 0.274 e. The molecule has 0 bridgehead atoms. The number of para-hydroxylation sites is 1. The van der Waals surface area contributed by atoms with Crippen molar-refractivity contribution in [2.24, 2.45) is 0 Å². The zero-order valence-corrected chi connectivity index (χ0v) is 21.4. The first-order valence-corrected chi connectivity index (χ1v) is 12.2. The number of pyridine rings is 1. The fourth-order valence-electron chi connectivity index (χ4n) is 4.33. The number of ether oxygens (including phenoxy) is 1. The number of hydrogen-bond acceptors (Lipinski definition) is 6. The maximum atomic E-state index is 13.7. The lowest BCUT2D eigenvalue weighted by Gasteiger charge is -2.21. The van der Waals surface area contributed by atoms with E-state index in [0.717, 1.165) is 5.56 Å². The fraction of sp³-hybridized carbons (Fsp3) is 0.103. The van der Waals surface area contributed by atoms with E-state index < -0.39 is 11.9 Å². The summed E-state index contributed by atoms with van der Waals surface area (Å²) in [6.07, 6.45) is 1.50. The second-order valence-electron chi connectivity index (χ2n) is 8.67. The highest BCUT2D eigenvalue weighted by Gasteiger charge is 2.22. The van der Waals surface area contributed by atoms with E-state index in [-0.39, 0.29) is 17.1 Å². The van der Waals surface area contributed by atoms with Crippen molar-refractivity contribution in [1.29, 1.82) is 0 Å². The molecule has 2 heterocycles. The van der Waals surface area contributed by atoms with Crippen molar-refractivity contribution in [3.8, 4) is 22.7 Å². The lowest BCUT2D eigenvalue weighted by atomic mass is 10.1. The van der Waals surface area contributed by atoms with Crippen LogP contribution < -0.4 is 21.3 Å². The number of carbonyl (C=O) groups is 1. The van der Waals surface area contributed by atoms with E-state index >= 15 is 0 Å². The van der Waals surface area contributed by atoms with Gasteiger partial charge in [0.15, 0.2) is 11.5 Å². The highest BCUT2D eigenvalue weighted by Crippen LogP contribution is 2.26. The van der Waals surface area contributed by atoms with Crippen LogP contribution in [-0.2, 0) is 0 Å². The van der Waals surface area contributed by atoms with Crippen LogP contribution in [0.4, 0.5) is 5.82 Å². The van der Waals surface area contributed by atoms with E-state index in [1.807, 2.05) is 60.7 Å². The van der Waals surface area contributed by atoms with E-state index in [2.05, 4.69) is 15.3 Å². The molecule has 0 spiro atoms. The molecule has 8 nitrogen and oxygen atoms in total. The minimum atomic E-state index is -0.597. The van der Waals surface area contributed by atoms with Crippen molar-refractivity contribution in [1.82, 2.24) is 19.9 Å². The third kappa shape index (κ3) is 4.69. The summed E-state index contributed by atoms with van der Waals surface area (Å²) in [5.41, 5.74) is 8.16. The van der Waals surface area contributed by atoms with E-state index in [1.54, 1.807) is 36.8 Å². The number of aromatic nitrogens is 3. The SMILES string of the molecule is COc1cccc(-c2cnc(N)c(C(=O)N[C@@H](C)c3cc4cccc(Cl)c4c(=O)n3-c3ccccc3)n2)c1. The normalized spacial score (nSPS) is 11.8. The van der Waals surface area contributed by atoms with Gasteiger partial charge in [0.25, 0.3) is 11.5 Å². The number of nitrogens with one attached hydrogen (secondary N) is 1. The summed E-state index contributed by atoms with van der Waals surface area (Å²) in [5.74, 6) is 0.119. The van der Waals surface area contributed by atoms with Crippen LogP contribution in [0.2, 0.25) is 5.02 Å². The molecule has 0 radical (unpaired) electrons. The first kappa shape index (κ1) is 25.0. The summed E-state index contributed by atoms with van der Waals surface area (Å²) >= 11 is 6.40. The summed E-state index contributed by atoms with van der Waals surface area (Å²) < 4.78 is 6.84. The zero-order chi connectivity index (χ0) is 26.8. The summed E-state index contributed by atoms with van der Waals surface area (Å²) in [7, 11) is 1.57. The van der Waals surface area contributed by atoms with Gasteiger partial charge in [-0.25, -0.2) is 9.97 Å². The quantitative estimate of drug-likeness (QED) is 0.316. The van der Waals surface area contributed by atoms with Gasteiger partial charge >= 0.3 is 0 Å². The molecule has 0 saturated carbocycles. The summed E-state index contributed by atoms with van der Waals surface area (Å²) in [6, 6.07) is 23.0. The number of nitrogen functional groups attached to an aromatic ring is 1. The fourth-order valence-corrected chi connectivity index (χ4v) is 4.59. The van der Waals surface area contributed by atoms with Crippen LogP contribution in [0.25, 0.3) is 27.7 Å². The van der Waals surface area contributed by atoms with E-state index in [0.29, 0.717) is 38.6 Å². The molecule has 5 aromatic rings. The Kier molecular flexibility index (Phi) is 6.81.